The van der Waals surface area contributed by atoms with Gasteiger partial charge < -0.3 is 15.2 Å². The quantitative estimate of drug-likeness (QED) is 0.779. The first-order chi connectivity index (χ1) is 8.80. The van der Waals surface area contributed by atoms with Crippen LogP contribution in [0.4, 0.5) is 0 Å². The van der Waals surface area contributed by atoms with Gasteiger partial charge in [-0.25, -0.2) is 0 Å². The van der Waals surface area contributed by atoms with Crippen LogP contribution in [0.25, 0.3) is 0 Å². The Morgan fingerprint density at radius 2 is 2.11 bits per heavy atom. The molecular formula is C15H29NO3. The van der Waals surface area contributed by atoms with Crippen molar-refractivity contribution in [3.05, 3.63) is 0 Å². The van der Waals surface area contributed by atoms with Crippen LogP contribution in [0.2, 0.25) is 0 Å². The normalized spacial score (nSPS) is 31.9. The second kappa shape index (κ2) is 6.71. The van der Waals surface area contributed by atoms with Crippen molar-refractivity contribution < 1.29 is 14.6 Å². The molecule has 0 aromatic carbocycles. The van der Waals surface area contributed by atoms with E-state index in [0.29, 0.717) is 17.9 Å². The topological polar surface area (TPSA) is 58.6 Å². The fraction of sp³-hybridized carbons (Fsp3) is 0.933. The van der Waals surface area contributed by atoms with Gasteiger partial charge in [0, 0.05) is 26.3 Å². The molecule has 0 aromatic rings. The number of ether oxygens (including phenoxy) is 1. The van der Waals surface area contributed by atoms with Crippen LogP contribution in [0.5, 0.6) is 0 Å². The van der Waals surface area contributed by atoms with Crippen molar-refractivity contribution in [1.29, 1.82) is 0 Å². The minimum absolute atomic E-state index is 0.160. The highest BCUT2D eigenvalue weighted by Gasteiger charge is 2.45. The van der Waals surface area contributed by atoms with Crippen LogP contribution in [0.15, 0.2) is 0 Å². The van der Waals surface area contributed by atoms with Crippen molar-refractivity contribution in [1.82, 2.24) is 5.32 Å². The summed E-state index contributed by atoms with van der Waals surface area (Å²) in [7, 11) is 1.72. The summed E-state index contributed by atoms with van der Waals surface area (Å²) < 4.78 is 5.14. The maximum atomic E-state index is 11.3. The van der Waals surface area contributed by atoms with Crippen molar-refractivity contribution in [3.63, 3.8) is 0 Å². The lowest BCUT2D eigenvalue weighted by molar-refractivity contribution is -0.150. The zero-order valence-electron chi connectivity index (χ0n) is 12.9. The standard InChI is InChI=1S/C15H29NO3/c1-10(9-19-5)8-16-13-7-6-12(14(17)18)15(3,4)11(13)2/h10-13,16H,6-9H2,1-5H3,(H,17,18). The molecule has 4 atom stereocenters. The number of hydrogen-bond donors (Lipinski definition) is 2. The van der Waals surface area contributed by atoms with Gasteiger partial charge in [-0.1, -0.05) is 27.7 Å². The summed E-state index contributed by atoms with van der Waals surface area (Å²) in [4.78, 5) is 11.3. The van der Waals surface area contributed by atoms with Crippen molar-refractivity contribution in [2.24, 2.45) is 23.2 Å². The van der Waals surface area contributed by atoms with Crippen LogP contribution in [0, 0.1) is 23.2 Å². The molecule has 1 aliphatic carbocycles. The third-order valence-electron chi connectivity index (χ3n) is 4.92. The Labute approximate surface area is 116 Å². The van der Waals surface area contributed by atoms with Gasteiger partial charge in [0.15, 0.2) is 0 Å². The maximum absolute atomic E-state index is 11.3. The van der Waals surface area contributed by atoms with E-state index in [4.69, 9.17) is 4.74 Å². The molecule has 0 saturated heterocycles. The van der Waals surface area contributed by atoms with E-state index in [2.05, 4.69) is 33.0 Å². The third-order valence-corrected chi connectivity index (χ3v) is 4.92. The lowest BCUT2D eigenvalue weighted by atomic mass is 9.61. The Morgan fingerprint density at radius 1 is 1.47 bits per heavy atom. The van der Waals surface area contributed by atoms with E-state index in [1.165, 1.54) is 0 Å². The molecule has 1 aliphatic rings. The second-order valence-electron chi connectivity index (χ2n) is 6.65. The van der Waals surface area contributed by atoms with Gasteiger partial charge in [-0.3, -0.25) is 4.79 Å². The molecule has 1 saturated carbocycles. The summed E-state index contributed by atoms with van der Waals surface area (Å²) in [5.74, 6) is -0.0328. The number of methoxy groups -OCH3 is 1. The minimum atomic E-state index is -0.650. The summed E-state index contributed by atoms with van der Waals surface area (Å²) in [6.07, 6.45) is 1.71. The number of hydrogen-bond acceptors (Lipinski definition) is 3. The summed E-state index contributed by atoms with van der Waals surface area (Å²) in [6.45, 7) is 10.2. The van der Waals surface area contributed by atoms with Crippen molar-refractivity contribution in [3.8, 4) is 0 Å². The molecule has 0 bridgehead atoms. The van der Waals surface area contributed by atoms with E-state index in [1.54, 1.807) is 7.11 Å². The van der Waals surface area contributed by atoms with E-state index in [1.807, 2.05) is 0 Å². The van der Waals surface area contributed by atoms with Gasteiger partial charge in [-0.05, 0) is 30.1 Å². The van der Waals surface area contributed by atoms with Crippen LogP contribution in [-0.2, 0) is 9.53 Å². The number of carboxylic acid groups (broad SMARTS) is 1. The molecule has 112 valence electrons. The SMILES string of the molecule is COCC(C)CNC1CCC(C(=O)O)C(C)(C)C1C. The molecule has 4 heteroatoms. The van der Waals surface area contributed by atoms with E-state index in [-0.39, 0.29) is 11.3 Å². The number of aliphatic carboxylic acids is 1. The summed E-state index contributed by atoms with van der Waals surface area (Å²) in [5, 5.41) is 12.9. The Bertz CT molecular complexity index is 304. The zero-order chi connectivity index (χ0) is 14.6. The van der Waals surface area contributed by atoms with E-state index < -0.39 is 5.97 Å². The van der Waals surface area contributed by atoms with Crippen LogP contribution in [0.1, 0.15) is 40.5 Å². The lowest BCUT2D eigenvalue weighted by Gasteiger charge is -2.46. The average Bonchev–Trinajstić information content (AvgIpc) is 2.31. The summed E-state index contributed by atoms with van der Waals surface area (Å²) in [5.41, 5.74) is -0.160. The molecule has 4 unspecified atom stereocenters. The molecule has 4 nitrogen and oxygen atoms in total. The number of nitrogens with one attached hydrogen (secondary N) is 1. The van der Waals surface area contributed by atoms with Crippen molar-refractivity contribution in [2.45, 2.75) is 46.6 Å². The largest absolute Gasteiger partial charge is 0.481 e. The Hall–Kier alpha value is -0.610. The van der Waals surface area contributed by atoms with Gasteiger partial charge in [0.1, 0.15) is 0 Å². The third kappa shape index (κ3) is 3.93. The van der Waals surface area contributed by atoms with Crippen molar-refractivity contribution in [2.75, 3.05) is 20.3 Å². The average molecular weight is 271 g/mol. The first-order valence-electron chi connectivity index (χ1n) is 7.25. The number of carboxylic acids is 1. The number of carbonyl (C=O) groups is 1. The van der Waals surface area contributed by atoms with Gasteiger partial charge in [-0.2, -0.15) is 0 Å². The Morgan fingerprint density at radius 3 is 2.63 bits per heavy atom. The van der Waals surface area contributed by atoms with Crippen LogP contribution >= 0.6 is 0 Å². The van der Waals surface area contributed by atoms with Crippen molar-refractivity contribution >= 4 is 5.97 Å². The summed E-state index contributed by atoms with van der Waals surface area (Å²) in [6, 6.07) is 0.407. The molecule has 0 spiro atoms. The van der Waals surface area contributed by atoms with Gasteiger partial charge in [0.05, 0.1) is 5.92 Å². The Kier molecular flexibility index (Phi) is 5.81. The zero-order valence-corrected chi connectivity index (χ0v) is 12.9. The van der Waals surface area contributed by atoms with E-state index in [9.17, 15) is 9.90 Å². The smallest absolute Gasteiger partial charge is 0.307 e. The first-order valence-corrected chi connectivity index (χ1v) is 7.25. The molecule has 0 aliphatic heterocycles. The van der Waals surface area contributed by atoms with E-state index >= 15 is 0 Å². The van der Waals surface area contributed by atoms with Crippen LogP contribution in [-0.4, -0.2) is 37.4 Å². The highest BCUT2D eigenvalue weighted by atomic mass is 16.5. The maximum Gasteiger partial charge on any atom is 0.307 e. The highest BCUT2D eigenvalue weighted by molar-refractivity contribution is 5.71. The highest BCUT2D eigenvalue weighted by Crippen LogP contribution is 2.45. The monoisotopic (exact) mass is 271 g/mol. The molecule has 0 heterocycles. The molecule has 0 aromatic heterocycles. The van der Waals surface area contributed by atoms with Crippen LogP contribution in [0.3, 0.4) is 0 Å². The van der Waals surface area contributed by atoms with Gasteiger partial charge in [-0.15, -0.1) is 0 Å². The number of rotatable bonds is 6. The molecule has 1 rings (SSSR count). The van der Waals surface area contributed by atoms with Gasteiger partial charge >= 0.3 is 5.97 Å². The summed E-state index contributed by atoms with van der Waals surface area (Å²) >= 11 is 0. The van der Waals surface area contributed by atoms with Crippen LogP contribution < -0.4 is 5.32 Å². The lowest BCUT2D eigenvalue weighted by Crippen LogP contribution is -2.51. The fourth-order valence-corrected chi connectivity index (χ4v) is 3.22. The molecule has 19 heavy (non-hydrogen) atoms. The van der Waals surface area contributed by atoms with Gasteiger partial charge in [0.25, 0.3) is 0 Å². The molecule has 1 fully saturated rings. The predicted octanol–water partition coefficient (Wildman–Crippen LogP) is 2.38. The molecule has 0 amide bonds. The predicted molar refractivity (Wildman–Crippen MR) is 76.1 cm³/mol. The molecular weight excluding hydrogens is 242 g/mol. The molecule has 0 radical (unpaired) electrons. The minimum Gasteiger partial charge on any atom is -0.481 e. The second-order valence-corrected chi connectivity index (χ2v) is 6.65. The fourth-order valence-electron chi connectivity index (χ4n) is 3.22. The molecule has 2 N–H and O–H groups in total. The first kappa shape index (κ1) is 16.4. The Balaban J connectivity index is 2.57. The van der Waals surface area contributed by atoms with Gasteiger partial charge in [0.2, 0.25) is 0 Å². The van der Waals surface area contributed by atoms with E-state index in [0.717, 1.165) is 26.0 Å².